The highest BCUT2D eigenvalue weighted by Gasteiger charge is 2.33. The second kappa shape index (κ2) is 16.9. The molecule has 0 fully saturated rings. The highest BCUT2D eigenvalue weighted by Crippen LogP contribution is 2.44. The van der Waals surface area contributed by atoms with Crippen molar-refractivity contribution in [3.8, 4) is 0 Å². The molecular weight excluding hydrogens is 1030 g/mol. The number of hydrogen-bond acceptors (Lipinski definition) is 10. The van der Waals surface area contributed by atoms with E-state index in [1.807, 2.05) is 72.8 Å². The molecular formula is C64H35N7O10. The monoisotopic (exact) mass is 1060 g/mol. The van der Waals surface area contributed by atoms with Crippen molar-refractivity contribution in [1.82, 2.24) is 36.2 Å². The number of hydrogen-bond donors (Lipinski definition) is 7. The third-order valence-corrected chi connectivity index (χ3v) is 15.6. The number of amides is 7. The van der Waals surface area contributed by atoms with Crippen molar-refractivity contribution < 1.29 is 33.6 Å². The summed E-state index contributed by atoms with van der Waals surface area (Å²) >= 11 is 0. The van der Waals surface area contributed by atoms with Crippen LogP contribution < -0.4 is 54.0 Å². The van der Waals surface area contributed by atoms with Gasteiger partial charge in [-0.25, -0.2) is 0 Å². The minimum atomic E-state index is -0.465. The van der Waals surface area contributed by atoms with Gasteiger partial charge < -0.3 is 20.3 Å². The van der Waals surface area contributed by atoms with Gasteiger partial charge >= 0.3 is 0 Å². The van der Waals surface area contributed by atoms with Gasteiger partial charge in [-0.15, -0.1) is 0 Å². The van der Waals surface area contributed by atoms with E-state index in [2.05, 4.69) is 62.5 Å². The lowest BCUT2D eigenvalue weighted by Crippen LogP contribution is -2.35. The number of imide groups is 3. The number of carbonyl (C=O) groups is 7. The van der Waals surface area contributed by atoms with Gasteiger partial charge in [0.2, 0.25) is 0 Å². The molecule has 3 aromatic heterocycles. The van der Waals surface area contributed by atoms with E-state index in [9.17, 15) is 47.9 Å². The van der Waals surface area contributed by atoms with Gasteiger partial charge in [-0.2, -0.15) is 0 Å². The van der Waals surface area contributed by atoms with E-state index in [1.165, 1.54) is 12.1 Å². The molecule has 0 atom stereocenters. The van der Waals surface area contributed by atoms with E-state index in [0.717, 1.165) is 70.0 Å². The molecule has 0 aliphatic carbocycles. The van der Waals surface area contributed by atoms with Crippen LogP contribution in [0.4, 0.5) is 0 Å². The molecule has 81 heavy (non-hydrogen) atoms. The molecule has 386 valence electrons. The van der Waals surface area contributed by atoms with Crippen LogP contribution in [0, 0.1) is 0 Å². The number of benzene rings is 10. The predicted molar refractivity (Wildman–Crippen MR) is 310 cm³/mol. The van der Waals surface area contributed by atoms with Crippen LogP contribution in [0.15, 0.2) is 142 Å². The zero-order chi connectivity index (χ0) is 56.2. The van der Waals surface area contributed by atoms with Crippen molar-refractivity contribution in [2.75, 3.05) is 0 Å². The molecule has 0 spiro atoms. The summed E-state index contributed by atoms with van der Waals surface area (Å²) in [4.78, 5) is 128. The van der Waals surface area contributed by atoms with Crippen LogP contribution in [0.25, 0.3) is 122 Å². The van der Waals surface area contributed by atoms with Crippen LogP contribution >= 0.6 is 0 Å². The summed E-state index contributed by atoms with van der Waals surface area (Å²) in [5.74, 6) is -2.83. The van der Waals surface area contributed by atoms with Gasteiger partial charge in [-0.1, -0.05) is 93.0 Å². The number of pyridine rings is 3. The Balaban J connectivity index is 0.000000101. The normalized spacial score (nSPS) is 14.1. The lowest BCUT2D eigenvalue weighted by Gasteiger charge is -2.21. The average molecular weight is 1060 g/mol. The maximum absolute atomic E-state index is 12.6. The van der Waals surface area contributed by atoms with Gasteiger partial charge in [0.15, 0.2) is 0 Å². The standard InChI is InChI=1S/C25H12N2O3.C15H8N2O3.C13H9NO.C11H6N2O3/c1-10-11-2-3-12-14-5-8-17-22-18(25(30)27-24(17)29)9-6-15(21(14)22)13-4-7-16(23(28)26-10)19(11)20(12)13;1-6-7-2-3-9-12-10(15(20)17-14(9)19)5-4-8(11(7)12)13(18)16-6;1-8-10-6-2-4-9-5-3-7-11(12(9)10)13(15)14-8;1-4-5-2-7-8(11(16)13-10(7)15)3-6(5)9(14)12-4/h2-9H,1H2,(H,26,28)(H,27,29,30);2-5H,1H2,(H,16,18)(H,17,19,20);2-7H,1H2,(H,14,15);2-3H,1H2,(H,12,14)(H,13,15,16). The Labute approximate surface area is 451 Å². The Hall–Kier alpha value is -11.7. The van der Waals surface area contributed by atoms with Crippen molar-refractivity contribution in [2.24, 2.45) is 0 Å². The fourth-order valence-electron chi connectivity index (χ4n) is 12.0. The van der Waals surface area contributed by atoms with Gasteiger partial charge in [-0.3, -0.25) is 63.9 Å². The van der Waals surface area contributed by atoms with Crippen LogP contribution in [0.1, 0.15) is 78.1 Å². The Bertz CT molecular complexity index is 5250. The summed E-state index contributed by atoms with van der Waals surface area (Å²) in [7, 11) is 0. The summed E-state index contributed by atoms with van der Waals surface area (Å²) in [5, 5.41) is 26.3. The van der Waals surface area contributed by atoms with Crippen molar-refractivity contribution in [3.63, 3.8) is 0 Å². The van der Waals surface area contributed by atoms with Crippen LogP contribution in [0.5, 0.6) is 0 Å². The number of carbonyl (C=O) groups excluding carboxylic acids is 7. The summed E-state index contributed by atoms with van der Waals surface area (Å²) in [6.45, 7) is 15.4. The SMILES string of the molecule is C=C1NC(=O)c2cc3c(cc21)C(=O)NC3=O.C=c1[nH]c(=O)c2ccc3c4c(ccc1c42)C(=O)NC3=O.C=c1[nH]c(=O)c2ccc3c4ccc5c6c(ccc(c7ccc1c2c73)c64)C(=O)NC5=O.C=c1[nH]c(=O)c2cccc3cccc1c32. The van der Waals surface area contributed by atoms with Gasteiger partial charge in [0.1, 0.15) is 0 Å². The van der Waals surface area contributed by atoms with E-state index in [4.69, 9.17) is 0 Å². The molecule has 7 amide bonds. The number of nitrogens with one attached hydrogen (secondary N) is 7. The first-order valence-electron chi connectivity index (χ1n) is 25.1. The molecule has 17 rings (SSSR count). The Morgan fingerprint density at radius 3 is 1.00 bits per heavy atom. The molecule has 7 N–H and O–H groups in total. The smallest absolute Gasteiger partial charge is 0.258 e. The van der Waals surface area contributed by atoms with Crippen molar-refractivity contribution in [3.05, 3.63) is 220 Å². The third-order valence-electron chi connectivity index (χ3n) is 15.6. The van der Waals surface area contributed by atoms with E-state index >= 15 is 0 Å². The Kier molecular flexibility index (Phi) is 9.95. The van der Waals surface area contributed by atoms with E-state index in [1.54, 1.807) is 36.4 Å². The summed E-state index contributed by atoms with van der Waals surface area (Å²) in [5.41, 5.74) is 3.28. The van der Waals surface area contributed by atoms with Crippen LogP contribution in [0.2, 0.25) is 0 Å². The fourth-order valence-corrected chi connectivity index (χ4v) is 12.0. The maximum Gasteiger partial charge on any atom is 0.258 e. The first-order valence-corrected chi connectivity index (χ1v) is 25.1. The largest absolute Gasteiger partial charge is 0.322 e. The summed E-state index contributed by atoms with van der Waals surface area (Å²) in [6, 6.07) is 36.4. The number of rotatable bonds is 0. The quantitative estimate of drug-likeness (QED) is 0.0501. The third kappa shape index (κ3) is 6.78. The average Bonchev–Trinajstić information content (AvgIpc) is 3.05. The van der Waals surface area contributed by atoms with E-state index in [-0.39, 0.29) is 40.0 Å². The lowest BCUT2D eigenvalue weighted by atomic mass is 9.84. The van der Waals surface area contributed by atoms with Crippen LogP contribution in [0.3, 0.4) is 0 Å². The molecule has 4 aliphatic heterocycles. The molecule has 0 saturated carbocycles. The summed E-state index contributed by atoms with van der Waals surface area (Å²) in [6.07, 6.45) is 0. The van der Waals surface area contributed by atoms with Crippen molar-refractivity contribution >= 4 is 164 Å². The molecule has 0 unspecified atom stereocenters. The molecule has 10 aromatic carbocycles. The molecule has 0 radical (unpaired) electrons. The lowest BCUT2D eigenvalue weighted by molar-refractivity contribution is 0.0828. The maximum atomic E-state index is 12.6. The molecule has 17 heteroatoms. The number of H-pyrrole nitrogens is 3. The molecule has 13 aromatic rings. The molecule has 17 nitrogen and oxygen atoms in total. The highest BCUT2D eigenvalue weighted by atomic mass is 16.2. The molecule has 0 bridgehead atoms. The second-order valence-electron chi connectivity index (χ2n) is 19.9. The highest BCUT2D eigenvalue weighted by molar-refractivity contribution is 6.40. The van der Waals surface area contributed by atoms with Crippen molar-refractivity contribution in [1.29, 1.82) is 0 Å². The topological polar surface area (TPSA) is 266 Å². The van der Waals surface area contributed by atoms with Crippen LogP contribution in [-0.2, 0) is 0 Å². The predicted octanol–water partition coefficient (Wildman–Crippen LogP) is 6.38. The van der Waals surface area contributed by atoms with Gasteiger partial charge in [-0.05, 0) is 92.3 Å². The molecule has 7 heterocycles. The zero-order valence-corrected chi connectivity index (χ0v) is 42.0. The minimum absolute atomic E-state index is 0.0655. The van der Waals surface area contributed by atoms with Gasteiger partial charge in [0, 0.05) is 114 Å². The van der Waals surface area contributed by atoms with Gasteiger partial charge in [0.25, 0.3) is 58.0 Å². The zero-order valence-electron chi connectivity index (χ0n) is 42.0. The first kappa shape index (κ1) is 47.7. The van der Waals surface area contributed by atoms with Crippen molar-refractivity contribution in [2.45, 2.75) is 0 Å². The van der Waals surface area contributed by atoms with E-state index < -0.39 is 23.6 Å². The van der Waals surface area contributed by atoms with Gasteiger partial charge in [0.05, 0.1) is 11.1 Å². The first-order chi connectivity index (χ1) is 39.0. The Morgan fingerprint density at radius 2 is 0.531 bits per heavy atom. The number of fused-ring (bicyclic) bond motifs is 4. The van der Waals surface area contributed by atoms with E-state index in [0.29, 0.717) is 87.6 Å². The second-order valence-corrected chi connectivity index (χ2v) is 19.9. The summed E-state index contributed by atoms with van der Waals surface area (Å²) < 4.78 is 0. The van der Waals surface area contributed by atoms with Crippen LogP contribution in [-0.4, -0.2) is 56.3 Å². The molecule has 0 saturated heterocycles. The Morgan fingerprint density at radius 1 is 0.247 bits per heavy atom. The minimum Gasteiger partial charge on any atom is -0.322 e. The molecule has 4 aliphatic rings. The fraction of sp³-hybridized carbons (Fsp3) is 0. The number of aromatic amines is 3. The number of aromatic nitrogens is 3.